The summed E-state index contributed by atoms with van der Waals surface area (Å²) in [7, 11) is -3.97. The average molecular weight is 315 g/mol. The highest BCUT2D eigenvalue weighted by Gasteiger charge is 2.21. The van der Waals surface area contributed by atoms with Crippen molar-refractivity contribution in [1.29, 1.82) is 0 Å². The van der Waals surface area contributed by atoms with Gasteiger partial charge in [-0.25, -0.2) is 12.8 Å². The van der Waals surface area contributed by atoms with Crippen LogP contribution < -0.4 is 10.5 Å². The van der Waals surface area contributed by atoms with Gasteiger partial charge in [-0.1, -0.05) is 23.7 Å². The molecule has 0 saturated heterocycles. The molecule has 2 rings (SSSR count). The Balaban J connectivity index is 2.46. The van der Waals surface area contributed by atoms with E-state index >= 15 is 0 Å². The van der Waals surface area contributed by atoms with E-state index in [1.54, 1.807) is 19.1 Å². The van der Waals surface area contributed by atoms with Gasteiger partial charge in [0.05, 0.1) is 11.4 Å². The van der Waals surface area contributed by atoms with Crippen molar-refractivity contribution >= 4 is 33.0 Å². The van der Waals surface area contributed by atoms with Gasteiger partial charge in [-0.15, -0.1) is 0 Å². The number of nitrogens with one attached hydrogen (secondary N) is 1. The maximum atomic E-state index is 13.7. The molecule has 2 aromatic rings. The monoisotopic (exact) mass is 314 g/mol. The van der Waals surface area contributed by atoms with Gasteiger partial charge in [-0.2, -0.15) is 0 Å². The molecule has 0 heterocycles. The minimum absolute atomic E-state index is 0.0608. The smallest absolute Gasteiger partial charge is 0.264 e. The van der Waals surface area contributed by atoms with E-state index in [9.17, 15) is 12.8 Å². The number of benzene rings is 2. The van der Waals surface area contributed by atoms with Crippen molar-refractivity contribution in [2.75, 3.05) is 10.5 Å². The maximum Gasteiger partial charge on any atom is 0.264 e. The molecule has 0 aliphatic carbocycles. The molecular weight excluding hydrogens is 303 g/mol. The second kappa shape index (κ2) is 5.30. The van der Waals surface area contributed by atoms with Crippen molar-refractivity contribution in [3.05, 3.63) is 52.8 Å². The van der Waals surface area contributed by atoms with Gasteiger partial charge < -0.3 is 5.73 Å². The molecule has 20 heavy (non-hydrogen) atoms. The van der Waals surface area contributed by atoms with Gasteiger partial charge in [0.15, 0.2) is 0 Å². The van der Waals surface area contributed by atoms with Gasteiger partial charge in [-0.3, -0.25) is 4.72 Å². The zero-order chi connectivity index (χ0) is 14.9. The lowest BCUT2D eigenvalue weighted by Gasteiger charge is -2.13. The summed E-state index contributed by atoms with van der Waals surface area (Å²) < 4.78 is 40.4. The first-order valence-corrected chi connectivity index (χ1v) is 7.50. The zero-order valence-electron chi connectivity index (χ0n) is 10.5. The van der Waals surface area contributed by atoms with E-state index in [4.69, 9.17) is 17.3 Å². The first-order valence-electron chi connectivity index (χ1n) is 5.64. The minimum Gasteiger partial charge on any atom is -0.398 e. The first-order chi connectivity index (χ1) is 9.31. The Morgan fingerprint density at radius 1 is 1.25 bits per heavy atom. The average Bonchev–Trinajstić information content (AvgIpc) is 2.32. The van der Waals surface area contributed by atoms with Gasteiger partial charge in [0.2, 0.25) is 0 Å². The van der Waals surface area contributed by atoms with E-state index in [0.29, 0.717) is 5.56 Å². The van der Waals surface area contributed by atoms with Crippen LogP contribution in [-0.4, -0.2) is 8.42 Å². The molecule has 0 fully saturated rings. The standard InChI is InChI=1S/C13H12ClFN2O2S/c1-8-3-2-4-11(16)13(8)20(18,19)17-12-6-5-9(14)7-10(12)15/h2-7,17H,16H2,1H3. The van der Waals surface area contributed by atoms with Crippen LogP contribution in [0.25, 0.3) is 0 Å². The first kappa shape index (κ1) is 14.6. The van der Waals surface area contributed by atoms with Crippen LogP contribution in [0.5, 0.6) is 0 Å². The van der Waals surface area contributed by atoms with Crippen molar-refractivity contribution in [3.63, 3.8) is 0 Å². The largest absolute Gasteiger partial charge is 0.398 e. The number of nitrogens with two attached hydrogens (primary N) is 1. The Hall–Kier alpha value is -1.79. The molecule has 0 aliphatic heterocycles. The Labute approximate surface area is 121 Å². The number of nitrogen functional groups attached to an aromatic ring is 1. The number of hydrogen-bond acceptors (Lipinski definition) is 3. The summed E-state index contributed by atoms with van der Waals surface area (Å²) >= 11 is 5.62. The van der Waals surface area contributed by atoms with E-state index in [1.165, 1.54) is 18.2 Å². The Bertz CT molecular complexity index is 743. The molecule has 0 atom stereocenters. The number of sulfonamides is 1. The third kappa shape index (κ3) is 2.86. The molecule has 3 N–H and O–H groups in total. The summed E-state index contributed by atoms with van der Waals surface area (Å²) in [5.74, 6) is -0.756. The predicted octanol–water partition coefficient (Wildman–Crippen LogP) is 3.17. The van der Waals surface area contributed by atoms with E-state index in [2.05, 4.69) is 4.72 Å². The van der Waals surface area contributed by atoms with Crippen LogP contribution in [0.15, 0.2) is 41.3 Å². The molecule has 2 aromatic carbocycles. The Morgan fingerprint density at radius 2 is 1.95 bits per heavy atom. The van der Waals surface area contributed by atoms with Gasteiger partial charge in [0.25, 0.3) is 10.0 Å². The highest BCUT2D eigenvalue weighted by Crippen LogP contribution is 2.26. The quantitative estimate of drug-likeness (QED) is 0.855. The number of hydrogen-bond donors (Lipinski definition) is 2. The summed E-state index contributed by atoms with van der Waals surface area (Å²) in [6.45, 7) is 1.61. The fraction of sp³-hybridized carbons (Fsp3) is 0.0769. The topological polar surface area (TPSA) is 72.2 Å². The van der Waals surface area contributed by atoms with Crippen LogP contribution in [-0.2, 0) is 10.0 Å². The summed E-state index contributed by atoms with van der Waals surface area (Å²) in [5, 5.41) is 0.181. The molecule has 106 valence electrons. The molecule has 0 bridgehead atoms. The van der Waals surface area contributed by atoms with E-state index in [-0.39, 0.29) is 21.3 Å². The minimum atomic E-state index is -3.97. The van der Waals surface area contributed by atoms with Crippen LogP contribution in [0.2, 0.25) is 5.02 Å². The Morgan fingerprint density at radius 3 is 2.55 bits per heavy atom. The molecule has 0 saturated carbocycles. The lowest BCUT2D eigenvalue weighted by molar-refractivity contribution is 0.598. The second-order valence-electron chi connectivity index (χ2n) is 4.22. The third-order valence-electron chi connectivity index (χ3n) is 2.69. The van der Waals surface area contributed by atoms with Crippen molar-refractivity contribution in [2.24, 2.45) is 0 Å². The van der Waals surface area contributed by atoms with Crippen LogP contribution in [0, 0.1) is 12.7 Å². The molecule has 0 aliphatic rings. The van der Waals surface area contributed by atoms with Gasteiger partial charge in [-0.05, 0) is 36.8 Å². The highest BCUT2D eigenvalue weighted by atomic mass is 35.5. The lowest BCUT2D eigenvalue weighted by atomic mass is 10.2. The van der Waals surface area contributed by atoms with Crippen LogP contribution in [0.3, 0.4) is 0 Å². The van der Waals surface area contributed by atoms with E-state index in [0.717, 1.165) is 6.07 Å². The van der Waals surface area contributed by atoms with E-state index in [1.807, 2.05) is 0 Å². The van der Waals surface area contributed by atoms with Crippen LogP contribution >= 0.6 is 11.6 Å². The van der Waals surface area contributed by atoms with Crippen LogP contribution in [0.1, 0.15) is 5.56 Å². The molecule has 0 amide bonds. The fourth-order valence-corrected chi connectivity index (χ4v) is 3.40. The lowest BCUT2D eigenvalue weighted by Crippen LogP contribution is -2.17. The summed E-state index contributed by atoms with van der Waals surface area (Å²) in [4.78, 5) is -0.0608. The zero-order valence-corrected chi connectivity index (χ0v) is 12.1. The van der Waals surface area contributed by atoms with Gasteiger partial charge >= 0.3 is 0 Å². The van der Waals surface area contributed by atoms with Crippen molar-refractivity contribution in [3.8, 4) is 0 Å². The highest BCUT2D eigenvalue weighted by molar-refractivity contribution is 7.93. The normalized spacial score (nSPS) is 11.3. The number of anilines is 2. The molecule has 0 unspecified atom stereocenters. The number of halogens is 2. The van der Waals surface area contributed by atoms with Crippen molar-refractivity contribution < 1.29 is 12.8 Å². The van der Waals surface area contributed by atoms with Gasteiger partial charge in [0.1, 0.15) is 10.7 Å². The second-order valence-corrected chi connectivity index (χ2v) is 6.28. The molecule has 4 nitrogen and oxygen atoms in total. The van der Waals surface area contributed by atoms with Crippen LogP contribution in [0.4, 0.5) is 15.8 Å². The van der Waals surface area contributed by atoms with Gasteiger partial charge in [0, 0.05) is 5.02 Å². The third-order valence-corrected chi connectivity index (χ3v) is 4.51. The maximum absolute atomic E-state index is 13.7. The predicted molar refractivity (Wildman–Crippen MR) is 77.8 cm³/mol. The van der Waals surface area contributed by atoms with Crippen molar-refractivity contribution in [1.82, 2.24) is 0 Å². The summed E-state index contributed by atoms with van der Waals surface area (Å²) in [5.41, 5.74) is 6.09. The van der Waals surface area contributed by atoms with Crippen molar-refractivity contribution in [2.45, 2.75) is 11.8 Å². The summed E-state index contributed by atoms with van der Waals surface area (Å²) in [6, 6.07) is 8.41. The molecular formula is C13H12ClFN2O2S. The summed E-state index contributed by atoms with van der Waals surface area (Å²) in [6.07, 6.45) is 0. The fourth-order valence-electron chi connectivity index (χ4n) is 1.81. The number of aryl methyl sites for hydroxylation is 1. The van der Waals surface area contributed by atoms with E-state index < -0.39 is 15.8 Å². The number of rotatable bonds is 3. The molecule has 0 radical (unpaired) electrons. The molecule has 0 spiro atoms. The Kier molecular flexibility index (Phi) is 3.87. The molecule has 0 aromatic heterocycles. The molecule has 7 heteroatoms. The SMILES string of the molecule is Cc1cccc(N)c1S(=O)(=O)Nc1ccc(Cl)cc1F.